The molecule has 20 heavy (non-hydrogen) atoms. The van der Waals surface area contributed by atoms with Crippen molar-refractivity contribution in [3.63, 3.8) is 0 Å². The van der Waals surface area contributed by atoms with E-state index in [1.54, 1.807) is 32.7 Å². The third-order valence-electron chi connectivity index (χ3n) is 2.84. The van der Waals surface area contributed by atoms with Gasteiger partial charge in [-0.3, -0.25) is 0 Å². The first kappa shape index (κ1) is 14.6. The molecular formula is C14H18N2O3S. The van der Waals surface area contributed by atoms with E-state index in [1.807, 2.05) is 23.0 Å². The fourth-order valence-corrected chi connectivity index (χ4v) is 2.46. The van der Waals surface area contributed by atoms with Crippen LogP contribution in [0, 0.1) is 0 Å². The highest BCUT2D eigenvalue weighted by Crippen LogP contribution is 2.38. The van der Waals surface area contributed by atoms with E-state index in [9.17, 15) is 0 Å². The van der Waals surface area contributed by atoms with Gasteiger partial charge in [0, 0.05) is 18.5 Å². The lowest BCUT2D eigenvalue weighted by molar-refractivity contribution is 0.323. The monoisotopic (exact) mass is 294 g/mol. The smallest absolute Gasteiger partial charge is 0.203 e. The molecule has 0 aliphatic carbocycles. The molecule has 1 aromatic carbocycles. The minimum Gasteiger partial charge on any atom is -0.493 e. The maximum Gasteiger partial charge on any atom is 0.203 e. The zero-order valence-corrected chi connectivity index (χ0v) is 12.6. The summed E-state index contributed by atoms with van der Waals surface area (Å²) < 4.78 is 16.0. The van der Waals surface area contributed by atoms with Crippen LogP contribution in [0.4, 0.5) is 0 Å². The molecule has 1 heterocycles. The van der Waals surface area contributed by atoms with Crippen molar-refractivity contribution in [2.45, 2.75) is 13.1 Å². The molecule has 0 fully saturated rings. The molecule has 108 valence electrons. The summed E-state index contributed by atoms with van der Waals surface area (Å²) in [4.78, 5) is 4.23. The van der Waals surface area contributed by atoms with Gasteiger partial charge in [-0.1, -0.05) is 0 Å². The molecule has 2 aromatic rings. The standard InChI is InChI=1S/C14H18N2O3S/c1-17-12-4-10(5-13(18-2)14(12)19-3)6-15-7-11-8-20-9-16-11/h4-5,8-9,15H,6-7H2,1-3H3. The van der Waals surface area contributed by atoms with Gasteiger partial charge in [-0.05, 0) is 17.7 Å². The molecule has 0 amide bonds. The molecule has 0 atom stereocenters. The van der Waals surface area contributed by atoms with Crippen molar-refractivity contribution in [3.8, 4) is 17.2 Å². The van der Waals surface area contributed by atoms with Crippen LogP contribution in [0.25, 0.3) is 0 Å². The molecule has 0 saturated carbocycles. The number of methoxy groups -OCH3 is 3. The minimum atomic E-state index is 0.609. The van der Waals surface area contributed by atoms with E-state index >= 15 is 0 Å². The molecule has 1 aromatic heterocycles. The number of rotatable bonds is 7. The normalized spacial score (nSPS) is 10.3. The van der Waals surface area contributed by atoms with E-state index < -0.39 is 0 Å². The third-order valence-corrected chi connectivity index (χ3v) is 3.48. The van der Waals surface area contributed by atoms with Crippen LogP contribution in [0.5, 0.6) is 17.2 Å². The van der Waals surface area contributed by atoms with Gasteiger partial charge < -0.3 is 19.5 Å². The first-order valence-electron chi connectivity index (χ1n) is 6.15. The second-order valence-electron chi connectivity index (χ2n) is 4.12. The third kappa shape index (κ3) is 3.40. The van der Waals surface area contributed by atoms with Gasteiger partial charge in [0.2, 0.25) is 5.75 Å². The predicted molar refractivity (Wildman–Crippen MR) is 78.8 cm³/mol. The first-order valence-corrected chi connectivity index (χ1v) is 7.09. The first-order chi connectivity index (χ1) is 9.78. The predicted octanol–water partition coefficient (Wildman–Crippen LogP) is 2.46. The largest absolute Gasteiger partial charge is 0.493 e. The molecular weight excluding hydrogens is 276 g/mol. The van der Waals surface area contributed by atoms with Crippen molar-refractivity contribution in [3.05, 3.63) is 34.3 Å². The van der Waals surface area contributed by atoms with E-state index in [0.29, 0.717) is 23.8 Å². The number of thiazole rings is 1. The number of nitrogens with zero attached hydrogens (tertiary/aromatic N) is 1. The Hall–Kier alpha value is -1.79. The second-order valence-corrected chi connectivity index (χ2v) is 4.84. The van der Waals surface area contributed by atoms with E-state index in [1.165, 1.54) is 0 Å². The summed E-state index contributed by atoms with van der Waals surface area (Å²) in [5.74, 6) is 1.94. The van der Waals surface area contributed by atoms with Gasteiger partial charge in [-0.15, -0.1) is 11.3 Å². The van der Waals surface area contributed by atoms with Gasteiger partial charge in [0.15, 0.2) is 11.5 Å². The quantitative estimate of drug-likeness (QED) is 0.850. The molecule has 5 nitrogen and oxygen atoms in total. The molecule has 0 bridgehead atoms. The van der Waals surface area contributed by atoms with E-state index in [4.69, 9.17) is 14.2 Å². The number of hydrogen-bond donors (Lipinski definition) is 1. The number of hydrogen-bond acceptors (Lipinski definition) is 6. The molecule has 6 heteroatoms. The highest BCUT2D eigenvalue weighted by molar-refractivity contribution is 7.07. The molecule has 0 aliphatic heterocycles. The van der Waals surface area contributed by atoms with Crippen LogP contribution in [0.1, 0.15) is 11.3 Å². The molecule has 1 N–H and O–H groups in total. The lowest BCUT2D eigenvalue weighted by atomic mass is 10.1. The van der Waals surface area contributed by atoms with Gasteiger partial charge >= 0.3 is 0 Å². The van der Waals surface area contributed by atoms with E-state index in [2.05, 4.69) is 10.3 Å². The van der Waals surface area contributed by atoms with Crippen molar-refractivity contribution >= 4 is 11.3 Å². The van der Waals surface area contributed by atoms with Crippen molar-refractivity contribution in [2.75, 3.05) is 21.3 Å². The summed E-state index contributed by atoms with van der Waals surface area (Å²) >= 11 is 1.60. The summed E-state index contributed by atoms with van der Waals surface area (Å²) in [5, 5.41) is 5.37. The number of aromatic nitrogens is 1. The Labute approximate surface area is 122 Å². The van der Waals surface area contributed by atoms with Gasteiger partial charge in [-0.25, -0.2) is 4.98 Å². The molecule has 0 unspecified atom stereocenters. The van der Waals surface area contributed by atoms with Gasteiger partial charge in [-0.2, -0.15) is 0 Å². The molecule has 0 aliphatic rings. The Morgan fingerprint density at radius 3 is 2.25 bits per heavy atom. The van der Waals surface area contributed by atoms with Crippen LogP contribution in [0.3, 0.4) is 0 Å². The van der Waals surface area contributed by atoms with Gasteiger partial charge in [0.05, 0.1) is 32.5 Å². The Balaban J connectivity index is 2.07. The number of benzene rings is 1. The zero-order chi connectivity index (χ0) is 14.4. The average Bonchev–Trinajstić information content (AvgIpc) is 2.99. The fourth-order valence-electron chi connectivity index (χ4n) is 1.90. The Bertz CT molecular complexity index is 518. The molecule has 0 spiro atoms. The highest BCUT2D eigenvalue weighted by Gasteiger charge is 2.12. The van der Waals surface area contributed by atoms with Crippen LogP contribution in [-0.2, 0) is 13.1 Å². The number of nitrogens with one attached hydrogen (secondary N) is 1. The average molecular weight is 294 g/mol. The lowest BCUT2D eigenvalue weighted by Gasteiger charge is -2.14. The highest BCUT2D eigenvalue weighted by atomic mass is 32.1. The molecule has 0 saturated heterocycles. The summed E-state index contributed by atoms with van der Waals surface area (Å²) in [5.41, 5.74) is 3.94. The summed E-state index contributed by atoms with van der Waals surface area (Å²) in [6, 6.07) is 3.88. The van der Waals surface area contributed by atoms with Crippen LogP contribution in [-0.4, -0.2) is 26.3 Å². The second kappa shape index (κ2) is 7.12. The van der Waals surface area contributed by atoms with Crippen molar-refractivity contribution in [1.82, 2.24) is 10.3 Å². The SMILES string of the molecule is COc1cc(CNCc2cscn2)cc(OC)c1OC. The summed E-state index contributed by atoms with van der Waals surface area (Å²) in [6.07, 6.45) is 0. The summed E-state index contributed by atoms with van der Waals surface area (Å²) in [7, 11) is 4.83. The van der Waals surface area contributed by atoms with Crippen molar-refractivity contribution < 1.29 is 14.2 Å². The van der Waals surface area contributed by atoms with Crippen LogP contribution >= 0.6 is 11.3 Å². The molecule has 2 rings (SSSR count). The van der Waals surface area contributed by atoms with Gasteiger partial charge in [0.1, 0.15) is 0 Å². The van der Waals surface area contributed by atoms with Crippen LogP contribution in [0.15, 0.2) is 23.0 Å². The fraction of sp³-hybridized carbons (Fsp3) is 0.357. The minimum absolute atomic E-state index is 0.609. The number of ether oxygens (including phenoxy) is 3. The Morgan fingerprint density at radius 1 is 1.05 bits per heavy atom. The van der Waals surface area contributed by atoms with Crippen LogP contribution in [0.2, 0.25) is 0 Å². The van der Waals surface area contributed by atoms with Crippen molar-refractivity contribution in [2.24, 2.45) is 0 Å². The van der Waals surface area contributed by atoms with Gasteiger partial charge in [0.25, 0.3) is 0 Å². The maximum absolute atomic E-state index is 5.33. The lowest BCUT2D eigenvalue weighted by Crippen LogP contribution is -2.13. The Kier molecular flexibility index (Phi) is 5.20. The summed E-state index contributed by atoms with van der Waals surface area (Å²) in [6.45, 7) is 1.44. The maximum atomic E-state index is 5.33. The topological polar surface area (TPSA) is 52.6 Å². The van der Waals surface area contributed by atoms with Crippen molar-refractivity contribution in [1.29, 1.82) is 0 Å². The van der Waals surface area contributed by atoms with E-state index in [-0.39, 0.29) is 0 Å². The Morgan fingerprint density at radius 2 is 1.75 bits per heavy atom. The van der Waals surface area contributed by atoms with Crippen LogP contribution < -0.4 is 19.5 Å². The molecule has 0 radical (unpaired) electrons. The van der Waals surface area contributed by atoms with E-state index in [0.717, 1.165) is 17.8 Å². The zero-order valence-electron chi connectivity index (χ0n) is 11.8.